The lowest BCUT2D eigenvalue weighted by atomic mass is 9.35. The predicted molar refractivity (Wildman–Crippen MR) is 205 cm³/mol. The van der Waals surface area contributed by atoms with Gasteiger partial charge < -0.3 is 28.4 Å². The summed E-state index contributed by atoms with van der Waals surface area (Å²) in [6.07, 6.45) is 2.94. The van der Waals surface area contributed by atoms with Gasteiger partial charge in [0.15, 0.2) is 17.3 Å². The van der Waals surface area contributed by atoms with E-state index in [2.05, 4.69) is 82.8 Å². The molecule has 0 spiro atoms. The fourth-order valence-electron chi connectivity index (χ4n) is 12.8. The Bertz CT molecular complexity index is 2470. The second-order valence-electron chi connectivity index (χ2n) is 18.0. The quantitative estimate of drug-likeness (QED) is 0.153. The summed E-state index contributed by atoms with van der Waals surface area (Å²) in [5, 5.41) is 2.39. The normalized spacial score (nSPS) is 36.5. The van der Waals surface area contributed by atoms with Gasteiger partial charge in [-0.2, -0.15) is 0 Å². The molecule has 10 heteroatoms. The van der Waals surface area contributed by atoms with Gasteiger partial charge in [0.05, 0.1) is 47.4 Å². The first-order chi connectivity index (χ1) is 27.3. The average molecular weight is 769 g/mol. The van der Waals surface area contributed by atoms with Crippen molar-refractivity contribution in [2.75, 3.05) is 0 Å². The first kappa shape index (κ1) is 35.1. The molecule has 0 N–H and O–H groups in total. The number of benzene rings is 3. The molecule has 3 aromatic rings. The molecule has 3 aromatic carbocycles. The van der Waals surface area contributed by atoms with Crippen LogP contribution in [-0.4, -0.2) is 48.3 Å². The Hall–Kier alpha value is -5.06. The minimum atomic E-state index is -0.772. The summed E-state index contributed by atoms with van der Waals surface area (Å²) >= 11 is 0. The van der Waals surface area contributed by atoms with Crippen LogP contribution < -0.4 is 9.47 Å². The van der Waals surface area contributed by atoms with E-state index in [9.17, 15) is 19.2 Å². The highest BCUT2D eigenvalue weighted by molar-refractivity contribution is 6.18. The number of fused-ring (bicyclic) bond motifs is 5. The van der Waals surface area contributed by atoms with E-state index in [4.69, 9.17) is 28.4 Å². The zero-order valence-corrected chi connectivity index (χ0v) is 32.6. The molecule has 2 bridgehead atoms. The maximum absolute atomic E-state index is 12.7. The molecule has 0 aromatic heterocycles. The lowest BCUT2D eigenvalue weighted by Crippen LogP contribution is -2.68. The summed E-state index contributed by atoms with van der Waals surface area (Å²) in [5.74, 6) is -0.882. The molecule has 0 radical (unpaired) electrons. The van der Waals surface area contributed by atoms with E-state index < -0.39 is 46.5 Å². The van der Waals surface area contributed by atoms with Crippen molar-refractivity contribution in [3.63, 3.8) is 0 Å². The van der Waals surface area contributed by atoms with Crippen LogP contribution in [0.2, 0.25) is 0 Å². The van der Waals surface area contributed by atoms with Gasteiger partial charge in [-0.3, -0.25) is 9.59 Å². The van der Waals surface area contributed by atoms with E-state index >= 15 is 0 Å². The number of cyclic esters (lactones) is 4. The SMILES string of the molecule is C=C1C(=O)OC(=O)/C1=C/C1=C(C)Oc2cc3c(cc2O1)C1(C(C)C)c2cc4ccccc4cc2C3(C(C)C)C2CC3OC4CC5C(=O)OC(=O)C5CC4OC3CC21. The molecule has 10 unspecified atom stereocenters. The molecule has 9 aliphatic rings. The monoisotopic (exact) mass is 768 g/mol. The van der Waals surface area contributed by atoms with Gasteiger partial charge in [-0.15, -0.1) is 0 Å². The second-order valence-corrected chi connectivity index (χ2v) is 18.0. The Labute approximate surface area is 330 Å². The van der Waals surface area contributed by atoms with Crippen LogP contribution in [0, 0.1) is 35.5 Å². The standard InChI is InChI=1S/C47H44O10/c1-20(2)46-29-11-24-9-7-8-10-25(24)12-30(29)47(21(3)4,32-17-39-38(16-31(32)46)52-23(6)35(53-39)13-26-22(5)42(48)56-43(26)49)34-19-41-40(18-33(34)46)54-36-14-27-28(15-37(36)55-41)45(51)57-44(27)50/h7-13,16-17,20-21,27-28,33-34,36-37,40-41H,5,14-15,18-19H2,1-4,6H3/b26-13+. The van der Waals surface area contributed by atoms with Crippen molar-refractivity contribution in [3.8, 4) is 11.5 Å². The highest BCUT2D eigenvalue weighted by Crippen LogP contribution is 2.73. The van der Waals surface area contributed by atoms with Crippen molar-refractivity contribution in [1.29, 1.82) is 0 Å². The predicted octanol–water partition coefficient (Wildman–Crippen LogP) is 7.28. The van der Waals surface area contributed by atoms with E-state index in [0.717, 1.165) is 12.8 Å². The molecular weight excluding hydrogens is 725 g/mol. The summed E-state index contributed by atoms with van der Waals surface area (Å²) in [4.78, 5) is 50.0. The zero-order valence-electron chi connectivity index (χ0n) is 32.6. The molecule has 5 fully saturated rings. The summed E-state index contributed by atoms with van der Waals surface area (Å²) in [6, 6.07) is 17.8. The zero-order chi connectivity index (χ0) is 39.4. The van der Waals surface area contributed by atoms with Gasteiger partial charge in [-0.1, -0.05) is 58.5 Å². The third kappa shape index (κ3) is 4.43. The summed E-state index contributed by atoms with van der Waals surface area (Å²) < 4.78 is 37.2. The summed E-state index contributed by atoms with van der Waals surface area (Å²) in [6.45, 7) is 14.8. The molecule has 4 aliphatic heterocycles. The Morgan fingerprint density at radius 3 is 1.58 bits per heavy atom. The van der Waals surface area contributed by atoms with Crippen LogP contribution in [0.15, 0.2) is 83.9 Å². The van der Waals surface area contributed by atoms with E-state index in [1.165, 1.54) is 39.1 Å². The van der Waals surface area contributed by atoms with E-state index in [0.29, 0.717) is 35.9 Å². The van der Waals surface area contributed by atoms with Crippen molar-refractivity contribution in [2.24, 2.45) is 35.5 Å². The third-order valence-corrected chi connectivity index (χ3v) is 15.1. The van der Waals surface area contributed by atoms with Crippen LogP contribution in [0.3, 0.4) is 0 Å². The number of hydrogen-bond donors (Lipinski definition) is 0. The van der Waals surface area contributed by atoms with E-state index in [1.807, 2.05) is 0 Å². The van der Waals surface area contributed by atoms with E-state index in [-0.39, 0.29) is 59.2 Å². The van der Waals surface area contributed by atoms with Crippen LogP contribution in [-0.2, 0) is 49.0 Å². The number of allylic oxidation sites excluding steroid dienone is 2. The Morgan fingerprint density at radius 2 is 1.11 bits per heavy atom. The second kappa shape index (κ2) is 11.8. The average Bonchev–Trinajstić information content (AvgIpc) is 3.59. The number of ether oxygens (including phenoxy) is 6. The maximum atomic E-state index is 12.7. The van der Waals surface area contributed by atoms with Gasteiger partial charge in [0.2, 0.25) is 0 Å². The number of carbonyl (C=O) groups excluding carboxylic acids is 4. The van der Waals surface area contributed by atoms with Crippen LogP contribution >= 0.6 is 0 Å². The highest BCUT2D eigenvalue weighted by atomic mass is 16.6. The highest BCUT2D eigenvalue weighted by Gasteiger charge is 2.70. The lowest BCUT2D eigenvalue weighted by Gasteiger charge is -2.69. The fourth-order valence-corrected chi connectivity index (χ4v) is 12.8. The van der Waals surface area contributed by atoms with Crippen molar-refractivity contribution in [1.82, 2.24) is 0 Å². The molecule has 0 amide bonds. The molecule has 10 nitrogen and oxygen atoms in total. The molecule has 2 saturated carbocycles. The maximum Gasteiger partial charge on any atom is 0.347 e. The smallest absolute Gasteiger partial charge is 0.347 e. The van der Waals surface area contributed by atoms with Crippen LogP contribution in [0.1, 0.15) is 82.6 Å². The first-order valence-electron chi connectivity index (χ1n) is 20.4. The van der Waals surface area contributed by atoms with Gasteiger partial charge in [-0.05, 0) is 120 Å². The van der Waals surface area contributed by atoms with E-state index in [1.54, 1.807) is 6.92 Å². The lowest BCUT2D eigenvalue weighted by molar-refractivity contribution is -0.264. The largest absolute Gasteiger partial charge is 0.454 e. The number of rotatable bonds is 3. The van der Waals surface area contributed by atoms with Crippen LogP contribution in [0.25, 0.3) is 10.8 Å². The fraction of sp³-hybridized carbons (Fsp3) is 0.447. The summed E-state index contributed by atoms with van der Waals surface area (Å²) in [5.41, 5.74) is 4.21. The van der Waals surface area contributed by atoms with Gasteiger partial charge in [0, 0.05) is 10.8 Å². The molecule has 57 heavy (non-hydrogen) atoms. The van der Waals surface area contributed by atoms with Gasteiger partial charge in [0.25, 0.3) is 0 Å². The molecule has 12 rings (SSSR count). The third-order valence-electron chi connectivity index (χ3n) is 15.1. The molecule has 3 saturated heterocycles. The number of carbonyl (C=O) groups is 4. The molecule has 5 aliphatic carbocycles. The topological polar surface area (TPSA) is 124 Å². The van der Waals surface area contributed by atoms with Gasteiger partial charge in [-0.25, -0.2) is 9.59 Å². The van der Waals surface area contributed by atoms with Gasteiger partial charge in [0.1, 0.15) is 5.76 Å². The molecular formula is C47H44O10. The Balaban J connectivity index is 1.09. The Morgan fingerprint density at radius 1 is 0.632 bits per heavy atom. The van der Waals surface area contributed by atoms with Gasteiger partial charge >= 0.3 is 23.9 Å². The minimum absolute atomic E-state index is 0.0227. The molecule has 4 heterocycles. The van der Waals surface area contributed by atoms with Crippen molar-refractivity contribution in [3.05, 3.63) is 106 Å². The first-order valence-corrected chi connectivity index (χ1v) is 20.4. The van der Waals surface area contributed by atoms with Crippen LogP contribution in [0.4, 0.5) is 0 Å². The number of esters is 4. The van der Waals surface area contributed by atoms with Crippen molar-refractivity contribution < 1.29 is 47.6 Å². The van der Waals surface area contributed by atoms with Crippen molar-refractivity contribution in [2.45, 2.75) is 95.5 Å². The molecule has 10 atom stereocenters. The minimum Gasteiger partial charge on any atom is -0.454 e. The van der Waals surface area contributed by atoms with Crippen molar-refractivity contribution >= 4 is 34.6 Å². The Kier molecular flexibility index (Phi) is 7.25. The van der Waals surface area contributed by atoms with Crippen LogP contribution in [0.5, 0.6) is 11.5 Å². The molecule has 292 valence electrons. The number of hydrogen-bond acceptors (Lipinski definition) is 10. The summed E-state index contributed by atoms with van der Waals surface area (Å²) in [7, 11) is 0.